The third-order valence-corrected chi connectivity index (χ3v) is 3.90. The Kier molecular flexibility index (Phi) is 5.53. The van der Waals surface area contributed by atoms with Gasteiger partial charge in [-0.25, -0.2) is 4.79 Å². The van der Waals surface area contributed by atoms with E-state index in [1.54, 1.807) is 20.8 Å². The van der Waals surface area contributed by atoms with Crippen LogP contribution in [0.3, 0.4) is 0 Å². The van der Waals surface area contributed by atoms with E-state index in [1.807, 2.05) is 0 Å². The van der Waals surface area contributed by atoms with Crippen molar-refractivity contribution in [2.75, 3.05) is 13.1 Å². The lowest BCUT2D eigenvalue weighted by atomic mass is 9.98. The van der Waals surface area contributed by atoms with E-state index in [2.05, 4.69) is 5.32 Å². The lowest BCUT2D eigenvalue weighted by Gasteiger charge is -2.38. The zero-order chi connectivity index (χ0) is 20.6. The first-order chi connectivity index (χ1) is 12.3. The Morgan fingerprint density at radius 2 is 1.81 bits per heavy atom. The number of likely N-dealkylation sites (tertiary alicyclic amines) is 1. The highest BCUT2D eigenvalue weighted by molar-refractivity contribution is 6.08. The second-order valence-electron chi connectivity index (χ2n) is 7.49. The van der Waals surface area contributed by atoms with Crippen LogP contribution in [0.5, 0.6) is 0 Å². The molecule has 2 rings (SSSR count). The maximum Gasteiger partial charge on any atom is 0.417 e. The summed E-state index contributed by atoms with van der Waals surface area (Å²) in [5, 5.41) is 10.1. The molecular weight excluding hydrogens is 363 g/mol. The van der Waals surface area contributed by atoms with Gasteiger partial charge in [0.25, 0.3) is 0 Å². The summed E-state index contributed by atoms with van der Waals surface area (Å²) >= 11 is 0. The van der Waals surface area contributed by atoms with Crippen LogP contribution < -0.4 is 5.32 Å². The number of nitrogens with zero attached hydrogens (tertiary/aromatic N) is 1. The Hall–Kier alpha value is -2.58. The van der Waals surface area contributed by atoms with Crippen LogP contribution in [0.15, 0.2) is 18.2 Å². The number of aryl methyl sites for hydroxylation is 1. The molecule has 148 valence electrons. The molecule has 9 heteroatoms. The quantitative estimate of drug-likeness (QED) is 0.605. The van der Waals surface area contributed by atoms with Gasteiger partial charge >= 0.3 is 12.3 Å². The summed E-state index contributed by atoms with van der Waals surface area (Å²) in [6, 6.07) is 3.54. The van der Waals surface area contributed by atoms with Crippen molar-refractivity contribution in [3.8, 4) is 0 Å². The maximum absolute atomic E-state index is 13.2. The Balaban J connectivity index is 1.98. The Morgan fingerprint density at radius 1 is 1.22 bits per heavy atom. The van der Waals surface area contributed by atoms with Gasteiger partial charge in [-0.3, -0.25) is 10.2 Å². The molecule has 1 saturated heterocycles. The number of hydrogen-bond acceptors (Lipinski definition) is 4. The average molecular weight is 385 g/mol. The summed E-state index contributed by atoms with van der Waals surface area (Å²) in [6.45, 7) is 6.85. The van der Waals surface area contributed by atoms with Crippen molar-refractivity contribution < 1.29 is 27.5 Å². The lowest BCUT2D eigenvalue weighted by Crippen LogP contribution is -2.57. The number of carbonyl (C=O) groups excluding carboxylic acids is 2. The predicted octanol–water partition coefficient (Wildman–Crippen LogP) is 3.32. The minimum absolute atomic E-state index is 0.0913. The molecule has 2 N–H and O–H groups in total. The molecule has 0 radical (unpaired) electrons. The molecule has 1 aliphatic heterocycles. The molecule has 0 spiro atoms. The highest BCUT2D eigenvalue weighted by atomic mass is 19.4. The Labute approximate surface area is 155 Å². The van der Waals surface area contributed by atoms with E-state index in [-0.39, 0.29) is 13.1 Å². The molecule has 0 bridgehead atoms. The average Bonchev–Trinajstić information content (AvgIpc) is 2.42. The number of amidine groups is 1. The molecule has 1 aromatic rings. The fraction of sp³-hybridized carbons (Fsp3) is 0.500. The van der Waals surface area contributed by atoms with E-state index in [4.69, 9.17) is 10.1 Å². The van der Waals surface area contributed by atoms with E-state index >= 15 is 0 Å². The molecule has 27 heavy (non-hydrogen) atoms. The van der Waals surface area contributed by atoms with Crippen molar-refractivity contribution in [3.63, 3.8) is 0 Å². The van der Waals surface area contributed by atoms with Crippen molar-refractivity contribution in [2.45, 2.75) is 39.5 Å². The fourth-order valence-corrected chi connectivity index (χ4v) is 2.52. The first-order valence-electron chi connectivity index (χ1n) is 8.33. The Bertz CT molecular complexity index is 763. The van der Waals surface area contributed by atoms with Gasteiger partial charge in [0.05, 0.1) is 11.5 Å². The van der Waals surface area contributed by atoms with Gasteiger partial charge in [-0.05, 0) is 33.8 Å². The van der Waals surface area contributed by atoms with E-state index in [0.29, 0.717) is 5.56 Å². The van der Waals surface area contributed by atoms with Crippen LogP contribution in [-0.2, 0) is 15.7 Å². The molecule has 0 aromatic heterocycles. The molecule has 1 aromatic carbocycles. The normalized spacial score (nSPS) is 15.1. The van der Waals surface area contributed by atoms with Crippen LogP contribution in [0, 0.1) is 18.3 Å². The summed E-state index contributed by atoms with van der Waals surface area (Å²) in [5.41, 5.74) is -1.63. The van der Waals surface area contributed by atoms with E-state index < -0.39 is 46.7 Å². The molecule has 0 atom stereocenters. The van der Waals surface area contributed by atoms with Crippen LogP contribution in [-0.4, -0.2) is 41.4 Å². The van der Waals surface area contributed by atoms with Crippen molar-refractivity contribution in [1.82, 2.24) is 10.2 Å². The number of nitrogens with one attached hydrogen (secondary N) is 2. The number of benzene rings is 1. The topological polar surface area (TPSA) is 82.5 Å². The minimum atomic E-state index is -4.64. The largest absolute Gasteiger partial charge is 0.444 e. The molecule has 1 aliphatic rings. The fourth-order valence-electron chi connectivity index (χ4n) is 2.52. The van der Waals surface area contributed by atoms with Gasteiger partial charge in [0.2, 0.25) is 5.91 Å². The van der Waals surface area contributed by atoms with Crippen LogP contribution in [0.4, 0.5) is 18.0 Å². The van der Waals surface area contributed by atoms with E-state index in [9.17, 15) is 22.8 Å². The summed E-state index contributed by atoms with van der Waals surface area (Å²) in [4.78, 5) is 25.3. The molecular formula is C18H22F3N3O3. The summed E-state index contributed by atoms with van der Waals surface area (Å²) in [5.74, 6) is -1.82. The zero-order valence-corrected chi connectivity index (χ0v) is 15.5. The van der Waals surface area contributed by atoms with Crippen molar-refractivity contribution in [3.05, 3.63) is 34.9 Å². The molecule has 1 heterocycles. The van der Waals surface area contributed by atoms with Gasteiger partial charge < -0.3 is 15.0 Å². The molecule has 6 nitrogen and oxygen atoms in total. The second kappa shape index (κ2) is 7.21. The highest BCUT2D eigenvalue weighted by Crippen LogP contribution is 2.32. The molecule has 0 aliphatic carbocycles. The number of rotatable bonds is 2. The van der Waals surface area contributed by atoms with Crippen LogP contribution >= 0.6 is 0 Å². The molecule has 0 saturated carbocycles. The van der Waals surface area contributed by atoms with Gasteiger partial charge in [0.15, 0.2) is 0 Å². The Morgan fingerprint density at radius 3 is 2.33 bits per heavy atom. The number of halogens is 3. The van der Waals surface area contributed by atoms with Gasteiger partial charge in [0.1, 0.15) is 11.4 Å². The second-order valence-corrected chi connectivity index (χ2v) is 7.49. The van der Waals surface area contributed by atoms with Crippen LogP contribution in [0.25, 0.3) is 0 Å². The zero-order valence-electron chi connectivity index (χ0n) is 15.5. The monoisotopic (exact) mass is 385 g/mol. The lowest BCUT2D eigenvalue weighted by molar-refractivity contribution is -0.138. The molecule has 1 fully saturated rings. The third-order valence-electron chi connectivity index (χ3n) is 3.90. The van der Waals surface area contributed by atoms with Crippen molar-refractivity contribution in [2.24, 2.45) is 5.92 Å². The van der Waals surface area contributed by atoms with E-state index in [1.165, 1.54) is 17.9 Å². The highest BCUT2D eigenvalue weighted by Gasteiger charge is 2.39. The van der Waals surface area contributed by atoms with Gasteiger partial charge in [-0.2, -0.15) is 13.2 Å². The van der Waals surface area contributed by atoms with Gasteiger partial charge in [0, 0.05) is 18.7 Å². The summed E-state index contributed by atoms with van der Waals surface area (Å²) in [7, 11) is 0. The number of hydrogen-bond donors (Lipinski definition) is 2. The molecule has 0 unspecified atom stereocenters. The number of carbonyl (C=O) groups is 2. The predicted molar refractivity (Wildman–Crippen MR) is 92.4 cm³/mol. The number of alkyl halides is 3. The van der Waals surface area contributed by atoms with Crippen LogP contribution in [0.2, 0.25) is 0 Å². The standard InChI is InChI=1S/C18H22F3N3O3/c1-10-5-6-12(13(7-10)18(19,20)21)14(22)23-15(25)11-8-24(9-11)16(26)27-17(2,3)4/h5-7,11H,8-9H2,1-4H3,(H2,22,23,25). The summed E-state index contributed by atoms with van der Waals surface area (Å²) < 4.78 is 44.7. The molecule has 2 amide bonds. The van der Waals surface area contributed by atoms with Crippen LogP contribution in [0.1, 0.15) is 37.5 Å². The summed E-state index contributed by atoms with van der Waals surface area (Å²) in [6.07, 6.45) is -5.19. The van der Waals surface area contributed by atoms with Crippen molar-refractivity contribution in [1.29, 1.82) is 5.41 Å². The SMILES string of the molecule is Cc1ccc(C(=N)NC(=O)C2CN(C(=O)OC(C)(C)C)C2)c(C(F)(F)F)c1. The van der Waals surface area contributed by atoms with Crippen molar-refractivity contribution >= 4 is 17.8 Å². The number of ether oxygens (including phenoxy) is 1. The van der Waals surface area contributed by atoms with E-state index in [0.717, 1.165) is 12.1 Å². The minimum Gasteiger partial charge on any atom is -0.444 e. The first kappa shape index (κ1) is 20.7. The number of amides is 2. The van der Waals surface area contributed by atoms with Gasteiger partial charge in [-0.15, -0.1) is 0 Å². The van der Waals surface area contributed by atoms with Gasteiger partial charge in [-0.1, -0.05) is 17.7 Å². The maximum atomic E-state index is 13.2. The third kappa shape index (κ3) is 5.21. The first-order valence-corrected chi connectivity index (χ1v) is 8.33. The smallest absolute Gasteiger partial charge is 0.417 e.